The highest BCUT2D eigenvalue weighted by Gasteiger charge is 2.15. The summed E-state index contributed by atoms with van der Waals surface area (Å²) in [6.45, 7) is 0.385. The molecule has 0 amide bonds. The first-order valence-corrected chi connectivity index (χ1v) is 5.64. The molecule has 0 fully saturated rings. The summed E-state index contributed by atoms with van der Waals surface area (Å²) in [6.07, 6.45) is 1.75. The molecule has 0 aliphatic rings. The lowest BCUT2D eigenvalue weighted by Crippen LogP contribution is -2.02. The number of rotatable bonds is 4. The first-order chi connectivity index (χ1) is 8.71. The number of nitrogens with two attached hydrogens (primary N) is 1. The molecule has 96 valence electrons. The fraction of sp³-hybridized carbons (Fsp3) is 0.308. The fourth-order valence-electron chi connectivity index (χ4n) is 1.97. The molecule has 0 bridgehead atoms. The number of aromatic nitrogens is 2. The Kier molecular flexibility index (Phi) is 3.53. The summed E-state index contributed by atoms with van der Waals surface area (Å²) < 4.78 is 12.6. The van der Waals surface area contributed by atoms with E-state index in [0.717, 1.165) is 28.5 Å². The molecule has 0 spiro atoms. The van der Waals surface area contributed by atoms with Crippen molar-refractivity contribution in [2.75, 3.05) is 14.2 Å². The van der Waals surface area contributed by atoms with Crippen LogP contribution < -0.4 is 15.2 Å². The van der Waals surface area contributed by atoms with E-state index in [0.29, 0.717) is 6.54 Å². The van der Waals surface area contributed by atoms with E-state index in [-0.39, 0.29) is 0 Å². The normalized spacial score (nSPS) is 10.4. The van der Waals surface area contributed by atoms with Gasteiger partial charge >= 0.3 is 0 Å². The predicted molar refractivity (Wildman–Crippen MR) is 69.6 cm³/mol. The van der Waals surface area contributed by atoms with Gasteiger partial charge in [-0.25, -0.2) is 4.98 Å². The van der Waals surface area contributed by atoms with E-state index in [9.17, 15) is 0 Å². The second-order valence-electron chi connectivity index (χ2n) is 3.92. The van der Waals surface area contributed by atoms with E-state index in [4.69, 9.17) is 15.2 Å². The van der Waals surface area contributed by atoms with Gasteiger partial charge in [0.25, 0.3) is 0 Å². The van der Waals surface area contributed by atoms with Crippen molar-refractivity contribution in [3.63, 3.8) is 0 Å². The maximum Gasteiger partial charge on any atom is 0.128 e. The lowest BCUT2D eigenvalue weighted by molar-refractivity contribution is 0.404. The molecule has 1 aromatic heterocycles. The Balaban J connectivity index is 2.64. The minimum absolute atomic E-state index is 0.385. The maximum atomic E-state index is 5.72. The van der Waals surface area contributed by atoms with Gasteiger partial charge in [0.1, 0.15) is 11.5 Å². The molecule has 18 heavy (non-hydrogen) atoms. The monoisotopic (exact) mass is 247 g/mol. The number of benzene rings is 1. The van der Waals surface area contributed by atoms with Gasteiger partial charge in [-0.2, -0.15) is 0 Å². The highest BCUT2D eigenvalue weighted by molar-refractivity contribution is 5.71. The van der Waals surface area contributed by atoms with Gasteiger partial charge in [0.05, 0.1) is 31.9 Å². The topological polar surface area (TPSA) is 62.3 Å². The average Bonchev–Trinajstić information content (AvgIpc) is 2.78. The molecule has 0 aliphatic carbocycles. The first kappa shape index (κ1) is 12.4. The largest absolute Gasteiger partial charge is 0.497 e. The van der Waals surface area contributed by atoms with E-state index in [1.54, 1.807) is 20.5 Å². The van der Waals surface area contributed by atoms with Crippen molar-refractivity contribution < 1.29 is 9.47 Å². The smallest absolute Gasteiger partial charge is 0.128 e. The Morgan fingerprint density at radius 2 is 2.06 bits per heavy atom. The Morgan fingerprint density at radius 3 is 2.67 bits per heavy atom. The minimum Gasteiger partial charge on any atom is -0.497 e. The van der Waals surface area contributed by atoms with Crippen molar-refractivity contribution in [2.45, 2.75) is 6.54 Å². The van der Waals surface area contributed by atoms with Crippen molar-refractivity contribution in [3.05, 3.63) is 30.2 Å². The lowest BCUT2D eigenvalue weighted by Gasteiger charge is -2.12. The van der Waals surface area contributed by atoms with Crippen LogP contribution in [-0.2, 0) is 13.6 Å². The van der Waals surface area contributed by atoms with E-state index in [1.807, 2.05) is 29.8 Å². The summed E-state index contributed by atoms with van der Waals surface area (Å²) in [6, 6.07) is 5.66. The Morgan fingerprint density at radius 1 is 1.28 bits per heavy atom. The summed E-state index contributed by atoms with van der Waals surface area (Å²) >= 11 is 0. The molecule has 5 heteroatoms. The molecular weight excluding hydrogens is 230 g/mol. The third kappa shape index (κ3) is 2.04. The minimum atomic E-state index is 0.385. The van der Waals surface area contributed by atoms with Gasteiger partial charge < -0.3 is 19.8 Å². The van der Waals surface area contributed by atoms with Gasteiger partial charge in [-0.15, -0.1) is 0 Å². The number of methoxy groups -OCH3 is 2. The third-order valence-electron chi connectivity index (χ3n) is 2.87. The molecule has 0 saturated heterocycles. The van der Waals surface area contributed by atoms with E-state index in [1.165, 1.54) is 0 Å². The average molecular weight is 247 g/mol. The summed E-state index contributed by atoms with van der Waals surface area (Å²) in [5.74, 6) is 1.55. The molecular formula is C13H17N3O2. The van der Waals surface area contributed by atoms with Crippen LogP contribution in [-0.4, -0.2) is 23.8 Å². The third-order valence-corrected chi connectivity index (χ3v) is 2.87. The van der Waals surface area contributed by atoms with Crippen molar-refractivity contribution in [2.24, 2.45) is 12.8 Å². The van der Waals surface area contributed by atoms with Crippen LogP contribution in [0.3, 0.4) is 0 Å². The first-order valence-electron chi connectivity index (χ1n) is 5.64. The van der Waals surface area contributed by atoms with Gasteiger partial charge in [0, 0.05) is 19.2 Å². The molecule has 0 saturated carbocycles. The van der Waals surface area contributed by atoms with Crippen molar-refractivity contribution in [1.82, 2.24) is 9.55 Å². The van der Waals surface area contributed by atoms with Crippen LogP contribution in [0.25, 0.3) is 11.3 Å². The van der Waals surface area contributed by atoms with Crippen LogP contribution in [0.5, 0.6) is 11.5 Å². The van der Waals surface area contributed by atoms with Crippen LogP contribution in [0.15, 0.2) is 24.5 Å². The van der Waals surface area contributed by atoms with Crippen molar-refractivity contribution >= 4 is 0 Å². The molecule has 0 aliphatic heterocycles. The number of hydrogen-bond acceptors (Lipinski definition) is 4. The van der Waals surface area contributed by atoms with Gasteiger partial charge in [0.15, 0.2) is 0 Å². The van der Waals surface area contributed by atoms with Crippen LogP contribution in [0.2, 0.25) is 0 Å². The Labute approximate surface area is 106 Å². The number of aryl methyl sites for hydroxylation is 1. The van der Waals surface area contributed by atoms with Gasteiger partial charge in [0.2, 0.25) is 0 Å². The van der Waals surface area contributed by atoms with Crippen LogP contribution >= 0.6 is 0 Å². The summed E-state index contributed by atoms with van der Waals surface area (Å²) in [4.78, 5) is 4.28. The molecule has 2 N–H and O–H groups in total. The zero-order valence-corrected chi connectivity index (χ0v) is 10.8. The standard InChI is InChI=1S/C13H17N3O2/c1-16-8-15-11(7-14)13(16)10-6-9(17-2)4-5-12(10)18-3/h4-6,8H,7,14H2,1-3H3. The van der Waals surface area contributed by atoms with Crippen molar-refractivity contribution in [3.8, 4) is 22.8 Å². The second kappa shape index (κ2) is 5.10. The van der Waals surface area contributed by atoms with E-state index < -0.39 is 0 Å². The van der Waals surface area contributed by atoms with Crippen LogP contribution in [0.4, 0.5) is 0 Å². The molecule has 2 aromatic rings. The zero-order chi connectivity index (χ0) is 13.1. The van der Waals surface area contributed by atoms with Crippen LogP contribution in [0, 0.1) is 0 Å². The van der Waals surface area contributed by atoms with E-state index >= 15 is 0 Å². The molecule has 1 aromatic carbocycles. The fourth-order valence-corrected chi connectivity index (χ4v) is 1.97. The SMILES string of the molecule is COc1ccc(OC)c(-c2c(CN)ncn2C)c1. The molecule has 0 radical (unpaired) electrons. The summed E-state index contributed by atoms with van der Waals surface area (Å²) in [5, 5.41) is 0. The molecule has 0 unspecified atom stereocenters. The molecule has 1 heterocycles. The zero-order valence-electron chi connectivity index (χ0n) is 10.8. The number of nitrogens with zero attached hydrogens (tertiary/aromatic N) is 2. The Bertz CT molecular complexity index is 549. The van der Waals surface area contributed by atoms with Gasteiger partial charge in [-0.3, -0.25) is 0 Å². The number of ether oxygens (including phenoxy) is 2. The highest BCUT2D eigenvalue weighted by Crippen LogP contribution is 2.34. The number of imidazole rings is 1. The summed E-state index contributed by atoms with van der Waals surface area (Å²) in [5.41, 5.74) is 8.43. The van der Waals surface area contributed by atoms with Crippen molar-refractivity contribution in [1.29, 1.82) is 0 Å². The van der Waals surface area contributed by atoms with Gasteiger partial charge in [-0.1, -0.05) is 0 Å². The Hall–Kier alpha value is -2.01. The van der Waals surface area contributed by atoms with E-state index in [2.05, 4.69) is 4.98 Å². The predicted octanol–water partition coefficient (Wildman–Crippen LogP) is 1.56. The van der Waals surface area contributed by atoms with Crippen LogP contribution in [0.1, 0.15) is 5.69 Å². The number of hydrogen-bond donors (Lipinski definition) is 1. The molecule has 0 atom stereocenters. The maximum absolute atomic E-state index is 5.72. The lowest BCUT2D eigenvalue weighted by atomic mass is 10.1. The summed E-state index contributed by atoms with van der Waals surface area (Å²) in [7, 11) is 5.21. The molecule has 5 nitrogen and oxygen atoms in total. The van der Waals surface area contributed by atoms with Gasteiger partial charge in [-0.05, 0) is 18.2 Å². The molecule has 2 rings (SSSR count). The second-order valence-corrected chi connectivity index (χ2v) is 3.92. The quantitative estimate of drug-likeness (QED) is 0.890. The highest BCUT2D eigenvalue weighted by atomic mass is 16.5.